The van der Waals surface area contributed by atoms with Crippen molar-refractivity contribution in [3.05, 3.63) is 87.3 Å². The molecule has 3 heterocycles. The largest absolute Gasteiger partial charge is 0.760 e. The molecule has 1 N–H and O–H groups in total. The van der Waals surface area contributed by atoms with Crippen LogP contribution in [0.5, 0.6) is 0 Å². The highest BCUT2D eigenvalue weighted by atomic mass is 35.5. The van der Waals surface area contributed by atoms with E-state index in [0.29, 0.717) is 38.9 Å². The number of fused-ring (bicyclic) bond motifs is 1. The number of benzene rings is 2. The van der Waals surface area contributed by atoms with Crippen molar-refractivity contribution in [1.29, 1.82) is 0 Å². The fraction of sp³-hybridized carbons (Fsp3) is 0.382. The molecule has 11 nitrogen and oxygen atoms in total. The molecule has 2 aromatic carbocycles. The smallest absolute Gasteiger partial charge is 0.497 e. The molecule has 1 amide bonds. The first-order chi connectivity index (χ1) is 23.1. The standard InChI is InChI=1S/C34H37BClFN4O7S/c1-33(2)34(3,4)48-35(47-33)29-25(32(43)46-6)13-19(14-26(29)36)16-40(49(44)45)17-22-18-41-27(15-24(22)20-7-8-20)28(31(42)38-5)30(39-41)21-9-11-23(37)12-10-21/h9-15,18,20H,7-8,16-17H2,1-6H3,(H,38,42)(H,44,45)/p-1. The van der Waals surface area contributed by atoms with Gasteiger partial charge in [0.1, 0.15) is 11.5 Å². The molecule has 15 heteroatoms. The van der Waals surface area contributed by atoms with Crippen LogP contribution in [0.25, 0.3) is 16.8 Å². The maximum absolute atomic E-state index is 13.7. The molecule has 2 fully saturated rings. The third kappa shape index (κ3) is 6.77. The van der Waals surface area contributed by atoms with Crippen LogP contribution in [0.1, 0.15) is 83.9 Å². The molecule has 0 bridgehead atoms. The predicted molar refractivity (Wildman–Crippen MR) is 183 cm³/mol. The summed E-state index contributed by atoms with van der Waals surface area (Å²) in [6.07, 6.45) is 3.56. The molecular weight excluding hydrogens is 674 g/mol. The van der Waals surface area contributed by atoms with Crippen LogP contribution < -0.4 is 10.8 Å². The monoisotopic (exact) mass is 709 g/mol. The van der Waals surface area contributed by atoms with Crippen LogP contribution >= 0.6 is 11.6 Å². The van der Waals surface area contributed by atoms with Gasteiger partial charge < -0.3 is 23.9 Å². The van der Waals surface area contributed by atoms with Crippen molar-refractivity contribution in [2.75, 3.05) is 14.2 Å². The van der Waals surface area contributed by atoms with Crippen LogP contribution in [0.3, 0.4) is 0 Å². The van der Waals surface area contributed by atoms with Crippen molar-refractivity contribution in [2.24, 2.45) is 0 Å². The Labute approximate surface area is 291 Å². The van der Waals surface area contributed by atoms with Gasteiger partial charge in [-0.25, -0.2) is 18.0 Å². The number of esters is 1. The van der Waals surface area contributed by atoms with E-state index in [4.69, 9.17) is 25.6 Å². The Balaban J connectivity index is 1.38. The van der Waals surface area contributed by atoms with Crippen molar-refractivity contribution < 1.29 is 36.8 Å². The Morgan fingerprint density at radius 1 is 1.14 bits per heavy atom. The Morgan fingerprint density at radius 2 is 1.80 bits per heavy atom. The Kier molecular flexibility index (Phi) is 9.50. The molecule has 1 aliphatic carbocycles. The summed E-state index contributed by atoms with van der Waals surface area (Å²) in [7, 11) is 1.82. The van der Waals surface area contributed by atoms with Gasteiger partial charge in [-0.05, 0) is 106 Å². The summed E-state index contributed by atoms with van der Waals surface area (Å²) in [5, 5.41) is 7.52. The SMILES string of the molecule is CNC(=O)c1c(-c2ccc(F)cc2)nn2cc(CN(Cc3cc(Cl)c(B4OC(C)(C)C(C)(C)O4)c(C(=O)OC)c3)S(=O)[O-])c(C3CC3)cc12. The fourth-order valence-corrected chi connectivity index (χ4v) is 6.84. The highest BCUT2D eigenvalue weighted by Gasteiger charge is 2.53. The minimum atomic E-state index is -2.69. The van der Waals surface area contributed by atoms with Gasteiger partial charge in [-0.1, -0.05) is 11.6 Å². The van der Waals surface area contributed by atoms with Crippen LogP contribution in [0.4, 0.5) is 4.39 Å². The molecule has 0 radical (unpaired) electrons. The second-order valence-corrected chi connectivity index (χ2v) is 14.7. The van der Waals surface area contributed by atoms with Gasteiger partial charge in [-0.2, -0.15) is 5.10 Å². The summed E-state index contributed by atoms with van der Waals surface area (Å²) >= 11 is 4.09. The van der Waals surface area contributed by atoms with E-state index >= 15 is 0 Å². The highest BCUT2D eigenvalue weighted by Crippen LogP contribution is 2.43. The van der Waals surface area contributed by atoms with Gasteiger partial charge in [0, 0.05) is 53.6 Å². The molecule has 1 atom stereocenters. The number of aromatic nitrogens is 2. The molecule has 2 aromatic heterocycles. The number of nitrogens with one attached hydrogen (secondary N) is 1. The van der Waals surface area contributed by atoms with Crippen molar-refractivity contribution in [3.63, 3.8) is 0 Å². The number of carbonyl (C=O) groups excluding carboxylic acids is 2. The van der Waals surface area contributed by atoms with Crippen LogP contribution in [-0.2, 0) is 38.4 Å². The summed E-state index contributed by atoms with van der Waals surface area (Å²) in [4.78, 5) is 26.1. The van der Waals surface area contributed by atoms with Gasteiger partial charge in [0.25, 0.3) is 5.91 Å². The molecule has 1 saturated heterocycles. The number of methoxy groups -OCH3 is 1. The summed E-state index contributed by atoms with van der Waals surface area (Å²) in [6, 6.07) is 10.7. The van der Waals surface area contributed by atoms with E-state index in [1.54, 1.807) is 35.0 Å². The number of nitrogens with zero attached hydrogens (tertiary/aromatic N) is 3. The number of ether oxygens (including phenoxy) is 1. The molecule has 6 rings (SSSR count). The third-order valence-electron chi connectivity index (χ3n) is 9.48. The van der Waals surface area contributed by atoms with Crippen molar-refractivity contribution in [3.8, 4) is 11.3 Å². The summed E-state index contributed by atoms with van der Waals surface area (Å²) < 4.78 is 59.3. The van der Waals surface area contributed by atoms with E-state index in [-0.39, 0.29) is 35.5 Å². The number of amides is 1. The summed E-state index contributed by atoms with van der Waals surface area (Å²) in [5.41, 5.74) is 2.87. The fourth-order valence-electron chi connectivity index (χ4n) is 6.01. The lowest BCUT2D eigenvalue weighted by Gasteiger charge is -2.32. The first-order valence-corrected chi connectivity index (χ1v) is 17.2. The average molecular weight is 710 g/mol. The van der Waals surface area contributed by atoms with E-state index in [0.717, 1.165) is 18.4 Å². The third-order valence-corrected chi connectivity index (χ3v) is 10.5. The first kappa shape index (κ1) is 35.2. The topological polar surface area (TPSA) is 135 Å². The zero-order chi connectivity index (χ0) is 35.4. The van der Waals surface area contributed by atoms with E-state index in [1.807, 2.05) is 33.8 Å². The van der Waals surface area contributed by atoms with E-state index < -0.39 is 41.4 Å². The van der Waals surface area contributed by atoms with Gasteiger partial charge in [0.2, 0.25) is 0 Å². The van der Waals surface area contributed by atoms with Crippen molar-refractivity contribution in [1.82, 2.24) is 19.2 Å². The number of pyridine rings is 1. The molecule has 258 valence electrons. The van der Waals surface area contributed by atoms with Crippen LogP contribution in [0.15, 0.2) is 48.7 Å². The van der Waals surface area contributed by atoms with Crippen LogP contribution in [-0.4, -0.2) is 67.0 Å². The molecule has 1 unspecified atom stereocenters. The number of hydrogen-bond acceptors (Lipinski definition) is 8. The predicted octanol–water partition coefficient (Wildman–Crippen LogP) is 4.91. The molecule has 49 heavy (non-hydrogen) atoms. The summed E-state index contributed by atoms with van der Waals surface area (Å²) in [5.74, 6) is -1.26. The Morgan fingerprint density at radius 3 is 2.37 bits per heavy atom. The lowest BCUT2D eigenvalue weighted by Crippen LogP contribution is -2.41. The zero-order valence-electron chi connectivity index (χ0n) is 28.0. The molecule has 0 spiro atoms. The number of halogens is 2. The zero-order valence-corrected chi connectivity index (χ0v) is 29.5. The molecule has 1 saturated carbocycles. The quantitative estimate of drug-likeness (QED) is 0.140. The minimum absolute atomic E-state index is 0.0247. The highest BCUT2D eigenvalue weighted by molar-refractivity contribution is 7.76. The van der Waals surface area contributed by atoms with Crippen molar-refractivity contribution in [2.45, 2.75) is 70.7 Å². The second-order valence-electron chi connectivity index (χ2n) is 13.3. The normalized spacial score (nSPS) is 17.5. The van der Waals surface area contributed by atoms with Gasteiger partial charge in [-0.15, -0.1) is 0 Å². The molecule has 1 aliphatic heterocycles. The lowest BCUT2D eigenvalue weighted by molar-refractivity contribution is 0.00578. The first-order valence-electron chi connectivity index (χ1n) is 15.8. The molecule has 4 aromatic rings. The van der Waals surface area contributed by atoms with E-state index in [9.17, 15) is 22.7 Å². The van der Waals surface area contributed by atoms with E-state index in [2.05, 4.69) is 10.4 Å². The second kappa shape index (κ2) is 13.2. The minimum Gasteiger partial charge on any atom is -0.760 e. The maximum Gasteiger partial charge on any atom is 0.497 e. The van der Waals surface area contributed by atoms with Gasteiger partial charge in [0.15, 0.2) is 0 Å². The average Bonchev–Trinajstić information content (AvgIpc) is 3.78. The van der Waals surface area contributed by atoms with Crippen LogP contribution in [0.2, 0.25) is 5.02 Å². The Bertz CT molecular complexity index is 1970. The summed E-state index contributed by atoms with van der Waals surface area (Å²) in [6.45, 7) is 7.39. The lowest BCUT2D eigenvalue weighted by atomic mass is 9.75. The molecular formula is C34H36BClFN4O7S-. The Hall–Kier alpha value is -3.66. The van der Waals surface area contributed by atoms with E-state index in [1.165, 1.54) is 30.6 Å². The number of hydrogen-bond donors (Lipinski definition) is 1. The molecule has 2 aliphatic rings. The van der Waals surface area contributed by atoms with Crippen LogP contribution in [0, 0.1) is 5.82 Å². The van der Waals surface area contributed by atoms with Gasteiger partial charge in [-0.3, -0.25) is 9.00 Å². The van der Waals surface area contributed by atoms with Gasteiger partial charge >= 0.3 is 13.1 Å². The number of rotatable bonds is 10. The maximum atomic E-state index is 13.7. The van der Waals surface area contributed by atoms with Gasteiger partial charge in [0.05, 0.1) is 35.0 Å². The van der Waals surface area contributed by atoms with Crippen molar-refractivity contribution >= 4 is 52.8 Å². The number of carbonyl (C=O) groups is 2.